The Morgan fingerprint density at radius 2 is 1.38 bits per heavy atom. The number of carbonyl (C=O) groups is 6. The van der Waals surface area contributed by atoms with Crippen molar-refractivity contribution in [2.45, 2.75) is 68.9 Å². The lowest BCUT2D eigenvalue weighted by molar-refractivity contribution is -0.141. The van der Waals surface area contributed by atoms with Crippen LogP contribution in [0, 0.1) is 0 Å². The van der Waals surface area contributed by atoms with Gasteiger partial charge in [0.1, 0.15) is 30.2 Å². The molecule has 0 aliphatic rings. The zero-order valence-electron chi connectivity index (χ0n) is 26.9. The lowest BCUT2D eigenvalue weighted by Gasteiger charge is -2.25. The minimum absolute atomic E-state index is 0.00136. The van der Waals surface area contributed by atoms with E-state index in [9.17, 15) is 39.0 Å². The van der Waals surface area contributed by atoms with Gasteiger partial charge in [-0.25, -0.2) is 4.79 Å². The number of carbonyl (C=O) groups excluding carboxylic acids is 5. The van der Waals surface area contributed by atoms with Gasteiger partial charge in [-0.3, -0.25) is 29.0 Å². The number of carboxylic acid groups (broad SMARTS) is 1. The van der Waals surface area contributed by atoms with Crippen LogP contribution >= 0.6 is 24.4 Å². The predicted octanol–water partition coefficient (Wildman–Crippen LogP) is -3.19. The second-order valence-corrected chi connectivity index (χ2v) is 12.1. The van der Waals surface area contributed by atoms with Gasteiger partial charge in [0.15, 0.2) is 5.96 Å². The molecular weight excluding hydrogens is 667 g/mol. The van der Waals surface area contributed by atoms with Crippen LogP contribution in [0.25, 0.3) is 0 Å². The third-order valence-electron chi connectivity index (χ3n) is 6.82. The Morgan fingerprint density at radius 1 is 0.833 bits per heavy atom. The number of amides is 5. The minimum Gasteiger partial charge on any atom is -0.480 e. The van der Waals surface area contributed by atoms with Crippen LogP contribution in [-0.4, -0.2) is 119 Å². The van der Waals surface area contributed by atoms with E-state index < -0.39 is 78.4 Å². The van der Waals surface area contributed by atoms with Gasteiger partial charge < -0.3 is 54.0 Å². The smallest absolute Gasteiger partial charge is 0.327 e. The quantitative estimate of drug-likeness (QED) is 0.0245. The maximum Gasteiger partial charge on any atom is 0.327 e. The first-order valence-corrected chi connectivity index (χ1v) is 17.1. The summed E-state index contributed by atoms with van der Waals surface area (Å²) in [6.45, 7) is 0.669. The Labute approximate surface area is 288 Å². The molecule has 0 aliphatic heterocycles. The number of hydrogen-bond donors (Lipinski definition) is 11. The molecule has 48 heavy (non-hydrogen) atoms. The summed E-state index contributed by atoms with van der Waals surface area (Å²) in [6, 6.07) is 1.63. The number of carboxylic acids is 1. The molecule has 0 radical (unpaired) electrons. The highest BCUT2D eigenvalue weighted by molar-refractivity contribution is 7.98. The number of guanidine groups is 1. The lowest BCUT2D eigenvalue weighted by Crippen LogP contribution is -2.59. The van der Waals surface area contributed by atoms with Crippen LogP contribution < -0.4 is 43.8 Å². The maximum absolute atomic E-state index is 13.3. The number of aliphatic carboxylic acids is 1. The van der Waals surface area contributed by atoms with Crippen molar-refractivity contribution in [1.82, 2.24) is 26.6 Å². The molecule has 0 saturated heterocycles. The monoisotopic (exact) mass is 713 g/mol. The van der Waals surface area contributed by atoms with Gasteiger partial charge in [0.2, 0.25) is 29.5 Å². The van der Waals surface area contributed by atoms with Gasteiger partial charge >= 0.3 is 5.97 Å². The third kappa shape index (κ3) is 15.7. The van der Waals surface area contributed by atoms with E-state index in [0.717, 1.165) is 5.56 Å². The average Bonchev–Trinajstić information content (AvgIpc) is 3.05. The molecule has 13 N–H and O–H groups in total. The molecule has 6 atom stereocenters. The number of thiol groups is 1. The Morgan fingerprint density at radius 3 is 1.94 bits per heavy atom. The Hall–Kier alpha value is -4.07. The van der Waals surface area contributed by atoms with Crippen molar-refractivity contribution in [3.63, 3.8) is 0 Å². The summed E-state index contributed by atoms with van der Waals surface area (Å²) in [6.07, 6.45) is 2.37. The number of aliphatic hydroxyl groups excluding tert-OH is 1. The number of hydrogen-bond acceptors (Lipinski definition) is 11. The molecule has 0 unspecified atom stereocenters. The van der Waals surface area contributed by atoms with Crippen molar-refractivity contribution in [2.24, 2.45) is 22.2 Å². The standard InChI is InChI=1S/C29H47N9O8S2/c1-16(23(40)35-20(10-12-48-2)26(43)38-22(15-47)28(45)46)34-25(42)19(9-6-11-33-29(31)32)36-27(44)21(14-39)37-24(41)18(30)13-17-7-4-3-5-8-17/h3-5,7-8,16,18-22,39,47H,6,9-15,30H2,1-2H3,(H,34,42)(H,35,40)(H,36,44)(H,37,41)(H,38,43)(H,45,46)(H4,31,32,33)/t16-,18-,19-,20-,21-,22-/m0/s1. The molecule has 0 heterocycles. The van der Waals surface area contributed by atoms with Crippen molar-refractivity contribution in [2.75, 3.05) is 30.9 Å². The van der Waals surface area contributed by atoms with Gasteiger partial charge in [-0.15, -0.1) is 0 Å². The van der Waals surface area contributed by atoms with E-state index in [1.165, 1.54) is 18.7 Å². The fraction of sp³-hybridized carbons (Fsp3) is 0.552. The molecule has 0 saturated carbocycles. The number of nitrogens with two attached hydrogens (primary N) is 3. The first-order valence-electron chi connectivity index (χ1n) is 15.0. The van der Waals surface area contributed by atoms with Gasteiger partial charge in [0.25, 0.3) is 0 Å². The molecule has 1 aromatic rings. The highest BCUT2D eigenvalue weighted by Gasteiger charge is 2.31. The number of aliphatic hydroxyl groups is 1. The number of rotatable bonds is 22. The molecule has 1 rings (SSSR count). The van der Waals surface area contributed by atoms with Crippen molar-refractivity contribution < 1.29 is 39.0 Å². The van der Waals surface area contributed by atoms with Gasteiger partial charge in [0.05, 0.1) is 12.6 Å². The molecule has 0 spiro atoms. The summed E-state index contributed by atoms with van der Waals surface area (Å²) in [4.78, 5) is 80.1. The fourth-order valence-corrected chi connectivity index (χ4v) is 4.84. The summed E-state index contributed by atoms with van der Waals surface area (Å²) in [7, 11) is 0. The molecule has 17 nitrogen and oxygen atoms in total. The van der Waals surface area contributed by atoms with Crippen LogP contribution in [0.1, 0.15) is 31.7 Å². The molecule has 19 heteroatoms. The molecule has 268 valence electrons. The van der Waals surface area contributed by atoms with E-state index in [1.54, 1.807) is 30.5 Å². The maximum atomic E-state index is 13.3. The normalized spacial score (nSPS) is 14.5. The summed E-state index contributed by atoms with van der Waals surface area (Å²) < 4.78 is 0. The third-order valence-corrected chi connectivity index (χ3v) is 7.83. The zero-order valence-corrected chi connectivity index (χ0v) is 28.6. The molecule has 0 fully saturated rings. The van der Waals surface area contributed by atoms with Crippen LogP contribution in [0.3, 0.4) is 0 Å². The van der Waals surface area contributed by atoms with E-state index in [1.807, 2.05) is 6.07 Å². The summed E-state index contributed by atoms with van der Waals surface area (Å²) in [5.41, 5.74) is 17.5. The summed E-state index contributed by atoms with van der Waals surface area (Å²) in [5.74, 6) is -5.03. The Bertz CT molecular complexity index is 1250. The topological polar surface area (TPSA) is 293 Å². The van der Waals surface area contributed by atoms with E-state index in [4.69, 9.17) is 17.2 Å². The number of aliphatic imine (C=N–C) groups is 1. The largest absolute Gasteiger partial charge is 0.480 e. The van der Waals surface area contributed by atoms with Crippen LogP contribution in [0.2, 0.25) is 0 Å². The first-order chi connectivity index (χ1) is 22.7. The average molecular weight is 714 g/mol. The van der Waals surface area contributed by atoms with Crippen molar-refractivity contribution in [3.05, 3.63) is 35.9 Å². The minimum atomic E-state index is -1.45. The van der Waals surface area contributed by atoms with Crippen LogP contribution in [0.4, 0.5) is 0 Å². The van der Waals surface area contributed by atoms with Crippen LogP contribution in [0.5, 0.6) is 0 Å². The molecule has 5 amide bonds. The number of nitrogens with zero attached hydrogens (tertiary/aromatic N) is 1. The molecular formula is C29H47N9O8S2. The second kappa shape index (κ2) is 22.5. The van der Waals surface area contributed by atoms with Gasteiger partial charge in [-0.05, 0) is 50.2 Å². The molecule has 0 aromatic heterocycles. The van der Waals surface area contributed by atoms with Gasteiger partial charge in [0, 0.05) is 12.3 Å². The lowest BCUT2D eigenvalue weighted by atomic mass is 10.1. The highest BCUT2D eigenvalue weighted by atomic mass is 32.2. The summed E-state index contributed by atoms with van der Waals surface area (Å²) >= 11 is 5.34. The van der Waals surface area contributed by atoms with E-state index in [-0.39, 0.29) is 43.9 Å². The highest BCUT2D eigenvalue weighted by Crippen LogP contribution is 2.06. The predicted molar refractivity (Wildman–Crippen MR) is 185 cm³/mol. The second-order valence-electron chi connectivity index (χ2n) is 10.7. The van der Waals surface area contributed by atoms with Crippen LogP contribution in [0.15, 0.2) is 35.3 Å². The SMILES string of the molecule is CSCC[C@H](NC(=O)[C@H](C)NC(=O)[C@H](CCCN=C(N)N)NC(=O)[C@H](CO)NC(=O)[C@@H](N)Cc1ccccc1)C(=O)N[C@@H](CS)C(=O)O. The van der Waals surface area contributed by atoms with Crippen LogP contribution in [-0.2, 0) is 35.2 Å². The van der Waals surface area contributed by atoms with E-state index in [0.29, 0.717) is 5.75 Å². The van der Waals surface area contributed by atoms with E-state index in [2.05, 4.69) is 44.2 Å². The Kier molecular flexibility index (Phi) is 19.7. The van der Waals surface area contributed by atoms with Crippen molar-refractivity contribution >= 4 is 65.9 Å². The fourth-order valence-electron chi connectivity index (χ4n) is 4.12. The van der Waals surface area contributed by atoms with Gasteiger partial charge in [-0.2, -0.15) is 24.4 Å². The van der Waals surface area contributed by atoms with Crippen molar-refractivity contribution in [3.8, 4) is 0 Å². The molecule has 0 aliphatic carbocycles. The summed E-state index contributed by atoms with van der Waals surface area (Å²) in [5, 5.41) is 31.3. The van der Waals surface area contributed by atoms with Crippen molar-refractivity contribution in [1.29, 1.82) is 0 Å². The van der Waals surface area contributed by atoms with E-state index >= 15 is 0 Å². The Balaban J connectivity index is 2.99. The number of thioether (sulfide) groups is 1. The number of nitrogens with one attached hydrogen (secondary N) is 5. The molecule has 1 aromatic carbocycles. The zero-order chi connectivity index (χ0) is 36.2. The number of benzene rings is 1. The first kappa shape index (κ1) is 42.0. The van der Waals surface area contributed by atoms with Gasteiger partial charge in [-0.1, -0.05) is 30.3 Å². The molecule has 0 bridgehead atoms.